The maximum Gasteiger partial charge on any atom is 0.407 e. The Kier molecular flexibility index (Phi) is 11.9. The second kappa shape index (κ2) is 15.8. The van der Waals surface area contributed by atoms with E-state index < -0.39 is 23.7 Å². The zero-order chi connectivity index (χ0) is 33.3. The van der Waals surface area contributed by atoms with Crippen LogP contribution in [-0.2, 0) is 30.3 Å². The van der Waals surface area contributed by atoms with Crippen LogP contribution in [0.2, 0.25) is 0 Å². The van der Waals surface area contributed by atoms with Crippen molar-refractivity contribution in [1.82, 2.24) is 5.32 Å². The maximum atomic E-state index is 13.4. The van der Waals surface area contributed by atoms with E-state index >= 15 is 0 Å². The summed E-state index contributed by atoms with van der Waals surface area (Å²) < 4.78 is 11.3. The van der Waals surface area contributed by atoms with Crippen molar-refractivity contribution in [2.24, 2.45) is 11.8 Å². The van der Waals surface area contributed by atoms with Crippen LogP contribution in [0.1, 0.15) is 89.3 Å². The summed E-state index contributed by atoms with van der Waals surface area (Å²) >= 11 is 0. The van der Waals surface area contributed by atoms with Gasteiger partial charge in [0.2, 0.25) is 0 Å². The van der Waals surface area contributed by atoms with E-state index in [-0.39, 0.29) is 55.2 Å². The first-order valence-corrected chi connectivity index (χ1v) is 16.3. The molecule has 4 rings (SSSR count). The van der Waals surface area contributed by atoms with Crippen molar-refractivity contribution in [3.8, 4) is 11.1 Å². The van der Waals surface area contributed by atoms with Gasteiger partial charge in [-0.3, -0.25) is 14.4 Å². The first kappa shape index (κ1) is 34.6. The summed E-state index contributed by atoms with van der Waals surface area (Å²) in [7, 11) is 0. The van der Waals surface area contributed by atoms with Gasteiger partial charge in [-0.25, -0.2) is 4.79 Å². The topological polar surface area (TPSA) is 98.8 Å². The van der Waals surface area contributed by atoms with Gasteiger partial charge in [-0.1, -0.05) is 92.7 Å². The molecule has 0 spiro atoms. The van der Waals surface area contributed by atoms with E-state index in [1.165, 1.54) is 0 Å². The van der Waals surface area contributed by atoms with Crippen LogP contribution in [0.3, 0.4) is 0 Å². The van der Waals surface area contributed by atoms with E-state index in [1.807, 2.05) is 89.2 Å². The highest BCUT2D eigenvalue weighted by Crippen LogP contribution is 2.44. The Bertz CT molecular complexity index is 1460. The van der Waals surface area contributed by atoms with E-state index in [2.05, 4.69) is 29.6 Å². The van der Waals surface area contributed by atoms with E-state index in [1.54, 1.807) is 0 Å². The van der Waals surface area contributed by atoms with Crippen molar-refractivity contribution in [2.45, 2.75) is 90.7 Å². The molecule has 1 N–H and O–H groups in total. The molecule has 244 valence electrons. The lowest BCUT2D eigenvalue weighted by Gasteiger charge is -2.24. The van der Waals surface area contributed by atoms with Crippen LogP contribution >= 0.6 is 0 Å². The minimum Gasteiger partial charge on any atom is -0.460 e. The zero-order valence-electron chi connectivity index (χ0n) is 27.7. The molecule has 7 heteroatoms. The number of benzene rings is 3. The molecule has 0 saturated carbocycles. The minimum atomic E-state index is -0.802. The van der Waals surface area contributed by atoms with Gasteiger partial charge in [0, 0.05) is 25.2 Å². The van der Waals surface area contributed by atoms with Crippen LogP contribution in [0, 0.1) is 11.8 Å². The molecule has 0 radical (unpaired) electrons. The number of hydrogen-bond acceptors (Lipinski definition) is 6. The molecule has 1 aliphatic rings. The number of amides is 1. The number of carbonyl (C=O) groups is 4. The number of hydrogen-bond donors (Lipinski definition) is 1. The Morgan fingerprint density at radius 2 is 1.39 bits per heavy atom. The number of Topliss-reactive ketones (excluding diaryl/α,β-unsaturated/α-hetero) is 2. The fourth-order valence-electron chi connectivity index (χ4n) is 6.11. The summed E-state index contributed by atoms with van der Waals surface area (Å²) in [5, 5.41) is 2.81. The first-order chi connectivity index (χ1) is 21.9. The molecule has 0 saturated heterocycles. The highest BCUT2D eigenvalue weighted by molar-refractivity contribution is 5.89. The van der Waals surface area contributed by atoms with Crippen LogP contribution in [-0.4, -0.2) is 41.9 Å². The number of fused-ring (bicyclic) bond motifs is 3. The third-order valence-electron chi connectivity index (χ3n) is 8.16. The molecule has 0 aliphatic heterocycles. The zero-order valence-corrected chi connectivity index (χ0v) is 27.7. The van der Waals surface area contributed by atoms with Gasteiger partial charge in [-0.2, -0.15) is 0 Å². The predicted molar refractivity (Wildman–Crippen MR) is 179 cm³/mol. The second-order valence-corrected chi connectivity index (χ2v) is 13.6. The van der Waals surface area contributed by atoms with E-state index in [0.717, 1.165) is 27.8 Å². The molecular weight excluding hydrogens is 578 g/mol. The molecule has 2 atom stereocenters. The third-order valence-corrected chi connectivity index (χ3v) is 8.16. The normalized spacial score (nSPS) is 13.8. The fourth-order valence-corrected chi connectivity index (χ4v) is 6.11. The molecule has 0 heterocycles. The lowest BCUT2D eigenvalue weighted by molar-refractivity contribution is -0.161. The number of esters is 1. The van der Waals surface area contributed by atoms with Gasteiger partial charge in [0.25, 0.3) is 0 Å². The molecule has 1 amide bonds. The Morgan fingerprint density at radius 3 is 1.98 bits per heavy atom. The summed E-state index contributed by atoms with van der Waals surface area (Å²) in [6.45, 7) is 9.61. The average Bonchev–Trinajstić information content (AvgIpc) is 3.32. The van der Waals surface area contributed by atoms with E-state index in [9.17, 15) is 19.2 Å². The van der Waals surface area contributed by atoms with Gasteiger partial charge in [0.1, 0.15) is 18.0 Å². The van der Waals surface area contributed by atoms with Crippen LogP contribution in [0.25, 0.3) is 11.1 Å². The Labute approximate surface area is 273 Å². The van der Waals surface area contributed by atoms with Gasteiger partial charge in [0.15, 0.2) is 5.78 Å². The molecule has 7 nitrogen and oxygen atoms in total. The Balaban J connectivity index is 1.34. The molecule has 3 aromatic carbocycles. The first-order valence-electron chi connectivity index (χ1n) is 16.3. The number of ketones is 2. The van der Waals surface area contributed by atoms with Crippen molar-refractivity contribution in [2.75, 3.05) is 6.61 Å². The predicted octanol–water partition coefficient (Wildman–Crippen LogP) is 7.84. The number of rotatable bonds is 15. The van der Waals surface area contributed by atoms with Crippen molar-refractivity contribution >= 4 is 23.6 Å². The van der Waals surface area contributed by atoms with Crippen molar-refractivity contribution in [3.05, 3.63) is 95.6 Å². The summed E-state index contributed by atoms with van der Waals surface area (Å²) in [5.41, 5.74) is 4.78. The minimum absolute atomic E-state index is 0.0755. The fraction of sp³-hybridized carbons (Fsp3) is 0.436. The molecule has 0 bridgehead atoms. The molecule has 1 aliphatic carbocycles. The quantitative estimate of drug-likeness (QED) is 0.173. The molecule has 0 aromatic heterocycles. The van der Waals surface area contributed by atoms with Crippen LogP contribution in [0.15, 0.2) is 78.9 Å². The van der Waals surface area contributed by atoms with Gasteiger partial charge in [-0.05, 0) is 73.8 Å². The standard InChI is InChI=1S/C39H47NO6/c1-26(2)22-28(37(43)46-39(3,4)5)24-29(41)16-13-21-36(42)35(23-27-14-7-6-8-15-27)40-38(44)45-25-34-32-19-11-9-17-30(32)31-18-10-12-20-33(31)34/h6-12,14-15,17-20,26,28,34-35H,13,16,21-25H2,1-5H3,(H,40,44)/t28-,35+/m1/s1. The molecular formula is C39H47NO6. The summed E-state index contributed by atoms with van der Waals surface area (Å²) in [4.78, 5) is 52.2. The number of ether oxygens (including phenoxy) is 2. The number of nitrogens with one attached hydrogen (secondary N) is 1. The number of carbonyl (C=O) groups excluding carboxylic acids is 4. The molecule has 46 heavy (non-hydrogen) atoms. The Morgan fingerprint density at radius 1 is 0.804 bits per heavy atom. The van der Waals surface area contributed by atoms with E-state index in [4.69, 9.17) is 9.47 Å². The summed E-state index contributed by atoms with van der Waals surface area (Å²) in [5.74, 6) is -0.976. The van der Waals surface area contributed by atoms with Crippen molar-refractivity contribution in [1.29, 1.82) is 0 Å². The lowest BCUT2D eigenvalue weighted by atomic mass is 9.90. The molecule has 0 fully saturated rings. The molecule has 3 aromatic rings. The van der Waals surface area contributed by atoms with Crippen molar-refractivity contribution < 1.29 is 28.7 Å². The SMILES string of the molecule is CC(C)C[C@H](CC(=O)CCCC(=O)[C@H](Cc1ccccc1)NC(=O)OCC1c2ccccc2-c2ccccc21)C(=O)OC(C)(C)C. The molecule has 0 unspecified atom stereocenters. The van der Waals surface area contributed by atoms with Gasteiger partial charge in [0.05, 0.1) is 12.0 Å². The Hall–Kier alpha value is -4.26. The third kappa shape index (κ3) is 9.87. The van der Waals surface area contributed by atoms with Crippen molar-refractivity contribution in [3.63, 3.8) is 0 Å². The van der Waals surface area contributed by atoms with E-state index in [0.29, 0.717) is 19.3 Å². The lowest BCUT2D eigenvalue weighted by Crippen LogP contribution is -2.43. The summed E-state index contributed by atoms with van der Waals surface area (Å²) in [6.07, 6.45) is 0.932. The highest BCUT2D eigenvalue weighted by Gasteiger charge is 2.31. The average molecular weight is 626 g/mol. The smallest absolute Gasteiger partial charge is 0.407 e. The summed E-state index contributed by atoms with van der Waals surface area (Å²) in [6, 6.07) is 25.0. The van der Waals surface area contributed by atoms with Gasteiger partial charge < -0.3 is 14.8 Å². The van der Waals surface area contributed by atoms with Gasteiger partial charge in [-0.15, -0.1) is 0 Å². The second-order valence-electron chi connectivity index (χ2n) is 13.6. The largest absolute Gasteiger partial charge is 0.460 e. The van der Waals surface area contributed by atoms with Crippen LogP contribution in [0.4, 0.5) is 4.79 Å². The maximum absolute atomic E-state index is 13.4. The highest BCUT2D eigenvalue weighted by atomic mass is 16.6. The van der Waals surface area contributed by atoms with Gasteiger partial charge >= 0.3 is 12.1 Å². The van der Waals surface area contributed by atoms with Crippen LogP contribution in [0.5, 0.6) is 0 Å². The monoisotopic (exact) mass is 625 g/mol. The number of alkyl carbamates (subject to hydrolysis) is 1. The van der Waals surface area contributed by atoms with Crippen LogP contribution < -0.4 is 5.32 Å².